The number of carbonyl (C=O) groups is 1. The molecule has 2 unspecified atom stereocenters. The van der Waals surface area contributed by atoms with Crippen LogP contribution < -0.4 is 10.2 Å². The summed E-state index contributed by atoms with van der Waals surface area (Å²) in [5.41, 5.74) is 2.32. The molecule has 2 N–H and O–H groups in total. The first-order valence-electron chi connectivity index (χ1n) is 12.8. The number of rotatable bonds is 7. The molecule has 3 fully saturated rings. The Morgan fingerprint density at radius 3 is 2.75 bits per heavy atom. The first-order valence-corrected chi connectivity index (χ1v) is 13.2. The van der Waals surface area contributed by atoms with Crippen LogP contribution in [0.25, 0.3) is 0 Å². The molecule has 3 aliphatic rings. The molecular weight excluding hydrogens is 476 g/mol. The lowest BCUT2D eigenvalue weighted by Gasteiger charge is -2.50. The van der Waals surface area contributed by atoms with Crippen LogP contribution in [0.2, 0.25) is 5.02 Å². The first-order chi connectivity index (χ1) is 17.3. The lowest BCUT2D eigenvalue weighted by atomic mass is 9.76. The predicted molar refractivity (Wildman–Crippen MR) is 139 cm³/mol. The van der Waals surface area contributed by atoms with Gasteiger partial charge in [-0.15, -0.1) is 0 Å². The van der Waals surface area contributed by atoms with Gasteiger partial charge in [0.25, 0.3) is 0 Å². The molecular formula is C27H33ClN6O2. The summed E-state index contributed by atoms with van der Waals surface area (Å²) in [5.74, 6) is 1.68. The molecule has 5 rings (SSSR count). The maximum atomic E-state index is 11.2. The van der Waals surface area contributed by atoms with Gasteiger partial charge >= 0.3 is 5.97 Å². The van der Waals surface area contributed by atoms with Gasteiger partial charge in [-0.2, -0.15) is 5.26 Å². The summed E-state index contributed by atoms with van der Waals surface area (Å²) in [6.45, 7) is 8.02. The molecule has 36 heavy (non-hydrogen) atoms. The molecule has 190 valence electrons. The molecule has 1 aromatic carbocycles. The molecule has 2 atom stereocenters. The van der Waals surface area contributed by atoms with E-state index >= 15 is 0 Å². The van der Waals surface area contributed by atoms with Crippen LogP contribution in [-0.4, -0.2) is 58.2 Å². The fourth-order valence-electron chi connectivity index (χ4n) is 5.82. The SMILES string of the molecule is Cc1ccc(C(C)Nc2nc(N3CC(C4CCCN(C5CC(C(=O)O)C5)C4)C3)cnc2C#N)c(Cl)c1. The van der Waals surface area contributed by atoms with Crippen molar-refractivity contribution in [3.05, 3.63) is 46.2 Å². The minimum atomic E-state index is -0.650. The van der Waals surface area contributed by atoms with Crippen molar-refractivity contribution in [2.75, 3.05) is 36.4 Å². The number of benzene rings is 1. The molecule has 2 saturated heterocycles. The van der Waals surface area contributed by atoms with Crippen molar-refractivity contribution >= 4 is 29.2 Å². The number of aliphatic carboxylic acids is 1. The molecule has 2 aliphatic heterocycles. The normalized spacial score (nSPS) is 25.4. The van der Waals surface area contributed by atoms with Crippen molar-refractivity contribution < 1.29 is 9.90 Å². The van der Waals surface area contributed by atoms with Gasteiger partial charge in [0.05, 0.1) is 18.2 Å². The number of nitrogens with one attached hydrogen (secondary N) is 1. The number of carboxylic acids is 1. The standard InChI is InChI=1S/C27H33ClN6O2/c1-16-5-6-22(23(28)8-16)17(2)31-26-24(11-29)30-12-25(32-26)34-14-20(15-34)18-4-3-7-33(13-18)21-9-19(10-21)27(35)36/h5-6,8,12,17-21H,3-4,7,9-10,13-15H2,1-2H3,(H,31,32)(H,35,36). The average Bonchev–Trinajstić information content (AvgIpc) is 2.77. The zero-order valence-corrected chi connectivity index (χ0v) is 21.6. The number of hydrogen-bond acceptors (Lipinski definition) is 7. The number of halogens is 1. The van der Waals surface area contributed by atoms with Crippen LogP contribution in [0.1, 0.15) is 55.5 Å². The van der Waals surface area contributed by atoms with Crippen LogP contribution in [0, 0.1) is 36.0 Å². The molecule has 0 amide bonds. The fourth-order valence-corrected chi connectivity index (χ4v) is 6.22. The maximum absolute atomic E-state index is 11.2. The third-order valence-electron chi connectivity index (χ3n) is 8.21. The van der Waals surface area contributed by atoms with Crippen molar-refractivity contribution in [1.29, 1.82) is 5.26 Å². The van der Waals surface area contributed by atoms with E-state index < -0.39 is 5.97 Å². The molecule has 1 aromatic heterocycles. The second-order valence-corrected chi connectivity index (χ2v) is 11.1. The molecule has 1 aliphatic carbocycles. The van der Waals surface area contributed by atoms with Crippen molar-refractivity contribution in [2.45, 2.75) is 51.6 Å². The van der Waals surface area contributed by atoms with E-state index in [0.717, 1.165) is 56.0 Å². The van der Waals surface area contributed by atoms with Crippen LogP contribution in [0.5, 0.6) is 0 Å². The molecule has 0 spiro atoms. The van der Waals surface area contributed by atoms with Crippen molar-refractivity contribution in [3.63, 3.8) is 0 Å². The Morgan fingerprint density at radius 2 is 2.06 bits per heavy atom. The van der Waals surface area contributed by atoms with Crippen LogP contribution in [0.4, 0.5) is 11.6 Å². The molecule has 0 radical (unpaired) electrons. The monoisotopic (exact) mass is 508 g/mol. The molecule has 0 bridgehead atoms. The van der Waals surface area contributed by atoms with E-state index in [4.69, 9.17) is 16.6 Å². The van der Waals surface area contributed by atoms with Crippen LogP contribution in [-0.2, 0) is 4.79 Å². The molecule has 9 heteroatoms. The van der Waals surface area contributed by atoms with Gasteiger partial charge in [0.2, 0.25) is 0 Å². The number of anilines is 2. The predicted octanol–water partition coefficient (Wildman–Crippen LogP) is 4.49. The first kappa shape index (κ1) is 24.8. The van der Waals surface area contributed by atoms with E-state index in [2.05, 4.69) is 26.2 Å². The molecule has 3 heterocycles. The maximum Gasteiger partial charge on any atom is 0.306 e. The van der Waals surface area contributed by atoms with Gasteiger partial charge in [-0.3, -0.25) is 4.79 Å². The summed E-state index contributed by atoms with van der Waals surface area (Å²) in [5, 5.41) is 22.8. The van der Waals surface area contributed by atoms with E-state index in [0.29, 0.717) is 28.7 Å². The summed E-state index contributed by atoms with van der Waals surface area (Å²) in [7, 11) is 0. The fraction of sp³-hybridized carbons (Fsp3) is 0.556. The second kappa shape index (κ2) is 10.2. The third-order valence-corrected chi connectivity index (χ3v) is 8.54. The van der Waals surface area contributed by atoms with Gasteiger partial charge in [-0.05, 0) is 75.1 Å². The minimum Gasteiger partial charge on any atom is -0.481 e. The largest absolute Gasteiger partial charge is 0.481 e. The second-order valence-electron chi connectivity index (χ2n) is 10.7. The smallest absolute Gasteiger partial charge is 0.306 e. The van der Waals surface area contributed by atoms with Gasteiger partial charge in [-0.1, -0.05) is 23.7 Å². The van der Waals surface area contributed by atoms with E-state index in [9.17, 15) is 15.2 Å². The van der Waals surface area contributed by atoms with E-state index in [1.165, 1.54) is 12.8 Å². The number of hydrogen-bond donors (Lipinski definition) is 2. The number of likely N-dealkylation sites (tertiary alicyclic amines) is 1. The molecule has 1 saturated carbocycles. The zero-order chi connectivity index (χ0) is 25.4. The minimum absolute atomic E-state index is 0.126. The Kier molecular flexibility index (Phi) is 7.05. The third kappa shape index (κ3) is 5.00. The highest BCUT2D eigenvalue weighted by Crippen LogP contribution is 2.38. The topological polar surface area (TPSA) is 105 Å². The number of carboxylic acid groups (broad SMARTS) is 1. The summed E-state index contributed by atoms with van der Waals surface area (Å²) in [6, 6.07) is 8.41. The highest BCUT2D eigenvalue weighted by Gasteiger charge is 2.42. The number of aromatic nitrogens is 2. The molecule has 8 nitrogen and oxygen atoms in total. The molecule has 2 aromatic rings. The Bertz CT molecular complexity index is 1170. The average molecular weight is 509 g/mol. The van der Waals surface area contributed by atoms with Gasteiger partial charge in [0, 0.05) is 30.7 Å². The Labute approximate surface area is 217 Å². The van der Waals surface area contributed by atoms with Gasteiger partial charge in [0.15, 0.2) is 11.5 Å². The van der Waals surface area contributed by atoms with Crippen LogP contribution in [0.3, 0.4) is 0 Å². The highest BCUT2D eigenvalue weighted by molar-refractivity contribution is 6.31. The van der Waals surface area contributed by atoms with Crippen LogP contribution >= 0.6 is 11.6 Å². The summed E-state index contributed by atoms with van der Waals surface area (Å²) < 4.78 is 0. The van der Waals surface area contributed by atoms with Crippen molar-refractivity contribution in [3.8, 4) is 6.07 Å². The zero-order valence-electron chi connectivity index (χ0n) is 20.8. The van der Waals surface area contributed by atoms with E-state index in [-0.39, 0.29) is 17.7 Å². The van der Waals surface area contributed by atoms with Crippen molar-refractivity contribution in [2.24, 2.45) is 17.8 Å². The number of piperidine rings is 1. The van der Waals surface area contributed by atoms with E-state index in [1.807, 2.05) is 32.0 Å². The summed E-state index contributed by atoms with van der Waals surface area (Å²) >= 11 is 6.45. The summed E-state index contributed by atoms with van der Waals surface area (Å²) in [6.07, 6.45) is 5.69. The Morgan fingerprint density at radius 1 is 1.28 bits per heavy atom. The highest BCUT2D eigenvalue weighted by atomic mass is 35.5. The number of nitrogens with zero attached hydrogens (tertiary/aromatic N) is 5. The Hall–Kier alpha value is -2.89. The number of aryl methyl sites for hydroxylation is 1. The summed E-state index contributed by atoms with van der Waals surface area (Å²) in [4.78, 5) is 25.1. The lowest BCUT2D eigenvalue weighted by molar-refractivity contribution is -0.147. The van der Waals surface area contributed by atoms with Gasteiger partial charge < -0.3 is 20.2 Å². The van der Waals surface area contributed by atoms with E-state index in [1.54, 1.807) is 6.20 Å². The quantitative estimate of drug-likeness (QED) is 0.563. The van der Waals surface area contributed by atoms with Crippen molar-refractivity contribution in [1.82, 2.24) is 14.9 Å². The van der Waals surface area contributed by atoms with Crippen LogP contribution in [0.15, 0.2) is 24.4 Å². The Balaban J connectivity index is 1.20. The number of nitriles is 1. The lowest BCUT2D eigenvalue weighted by Crippen LogP contribution is -2.56. The van der Waals surface area contributed by atoms with Gasteiger partial charge in [0.1, 0.15) is 11.9 Å². The van der Waals surface area contributed by atoms with Gasteiger partial charge in [-0.25, -0.2) is 9.97 Å².